The van der Waals surface area contributed by atoms with Crippen LogP contribution in [0.4, 0.5) is 0 Å². The molecule has 0 bridgehead atoms. The molecule has 0 aliphatic carbocycles. The molecule has 0 aliphatic heterocycles. The Hall–Kier alpha value is -3.15. The van der Waals surface area contributed by atoms with Crippen molar-refractivity contribution in [2.24, 2.45) is 0 Å². The van der Waals surface area contributed by atoms with E-state index in [1.54, 1.807) is 0 Å². The van der Waals surface area contributed by atoms with Crippen LogP contribution in [0, 0.1) is 0 Å². The summed E-state index contributed by atoms with van der Waals surface area (Å²) in [5, 5.41) is 0. The zero-order chi connectivity index (χ0) is 47.2. The molecule has 6 nitrogen and oxygen atoms in total. The summed E-state index contributed by atoms with van der Waals surface area (Å²) < 4.78 is 16.8. The average molecular weight is 907 g/mol. The van der Waals surface area contributed by atoms with Gasteiger partial charge in [0.25, 0.3) is 0 Å². The van der Waals surface area contributed by atoms with Crippen molar-refractivity contribution in [1.82, 2.24) is 0 Å². The summed E-state index contributed by atoms with van der Waals surface area (Å²) >= 11 is 0. The Bertz CT molecular complexity index is 1230. The summed E-state index contributed by atoms with van der Waals surface area (Å²) in [5.74, 6) is -0.922. The topological polar surface area (TPSA) is 78.9 Å². The minimum Gasteiger partial charge on any atom is -0.462 e. The molecule has 0 N–H and O–H groups in total. The monoisotopic (exact) mass is 907 g/mol. The third kappa shape index (κ3) is 51.7. The second-order valence-corrected chi connectivity index (χ2v) is 18.2. The number of unbranched alkanes of at least 4 members (excludes halogenated alkanes) is 28. The highest BCUT2D eigenvalue weighted by atomic mass is 16.6. The van der Waals surface area contributed by atoms with E-state index < -0.39 is 6.10 Å². The first-order chi connectivity index (χ1) is 32.0. The summed E-state index contributed by atoms with van der Waals surface area (Å²) in [4.78, 5) is 38.1. The lowest BCUT2D eigenvalue weighted by atomic mass is 10.1. The van der Waals surface area contributed by atoms with E-state index in [0.717, 1.165) is 96.3 Å². The van der Waals surface area contributed by atoms with Crippen LogP contribution in [0.15, 0.2) is 72.9 Å². The summed E-state index contributed by atoms with van der Waals surface area (Å²) in [6.07, 6.45) is 67.4. The Labute approximate surface area is 402 Å². The number of ether oxygens (including phenoxy) is 3. The van der Waals surface area contributed by atoms with Crippen LogP contribution in [-0.4, -0.2) is 37.2 Å². The molecule has 0 fully saturated rings. The summed E-state index contributed by atoms with van der Waals surface area (Å²) in [7, 11) is 0. The first-order valence-electron chi connectivity index (χ1n) is 27.5. The van der Waals surface area contributed by atoms with E-state index in [-0.39, 0.29) is 31.1 Å². The standard InChI is InChI=1S/C59H102O6/c1-4-7-10-13-16-19-22-25-27-29-31-32-34-37-40-43-46-49-52-58(61)64-55-56(54-63-57(60)51-48-45-42-39-36-24-21-18-15-12-9-6-3)65-59(62)53-50-47-44-41-38-35-33-30-28-26-23-20-17-14-11-8-5-2/h17-18,20-22,25-29,31-32,56H,4-16,19,23-24,30,33-55H2,1-3H3/b20-17-,21-18-,25-22-,28-26-,29-27-,32-31-. The Morgan fingerprint density at radius 1 is 0.323 bits per heavy atom. The lowest BCUT2D eigenvalue weighted by molar-refractivity contribution is -0.167. The zero-order valence-corrected chi connectivity index (χ0v) is 42.7. The molecule has 374 valence electrons. The maximum atomic E-state index is 12.8. The molecule has 0 heterocycles. The summed E-state index contributed by atoms with van der Waals surface area (Å²) in [5.41, 5.74) is 0. The molecule has 0 amide bonds. The van der Waals surface area contributed by atoms with Crippen LogP contribution >= 0.6 is 0 Å². The molecule has 1 atom stereocenters. The fourth-order valence-electron chi connectivity index (χ4n) is 7.53. The van der Waals surface area contributed by atoms with E-state index in [0.29, 0.717) is 19.3 Å². The molecule has 0 radical (unpaired) electrons. The number of hydrogen-bond donors (Lipinski definition) is 0. The summed E-state index contributed by atoms with van der Waals surface area (Å²) in [6, 6.07) is 0. The average Bonchev–Trinajstić information content (AvgIpc) is 3.30. The zero-order valence-electron chi connectivity index (χ0n) is 42.7. The van der Waals surface area contributed by atoms with Crippen molar-refractivity contribution < 1.29 is 28.6 Å². The second-order valence-electron chi connectivity index (χ2n) is 18.2. The Morgan fingerprint density at radius 2 is 0.615 bits per heavy atom. The molecule has 0 saturated carbocycles. The highest BCUT2D eigenvalue weighted by Crippen LogP contribution is 2.14. The predicted molar refractivity (Wildman–Crippen MR) is 279 cm³/mol. The van der Waals surface area contributed by atoms with E-state index in [1.807, 2.05) is 0 Å². The van der Waals surface area contributed by atoms with Gasteiger partial charge in [-0.25, -0.2) is 0 Å². The van der Waals surface area contributed by atoms with Gasteiger partial charge in [-0.15, -0.1) is 0 Å². The third-order valence-corrected chi connectivity index (χ3v) is 11.7. The van der Waals surface area contributed by atoms with Crippen LogP contribution in [0.2, 0.25) is 0 Å². The van der Waals surface area contributed by atoms with Gasteiger partial charge in [0, 0.05) is 19.3 Å². The van der Waals surface area contributed by atoms with Crippen LogP contribution < -0.4 is 0 Å². The highest BCUT2D eigenvalue weighted by Gasteiger charge is 2.19. The fourth-order valence-corrected chi connectivity index (χ4v) is 7.53. The molecule has 0 aliphatic rings. The molecule has 65 heavy (non-hydrogen) atoms. The van der Waals surface area contributed by atoms with E-state index >= 15 is 0 Å². The van der Waals surface area contributed by atoms with Gasteiger partial charge in [-0.3, -0.25) is 14.4 Å². The third-order valence-electron chi connectivity index (χ3n) is 11.7. The van der Waals surface area contributed by atoms with Crippen LogP contribution in [-0.2, 0) is 28.6 Å². The maximum Gasteiger partial charge on any atom is 0.306 e. The van der Waals surface area contributed by atoms with Gasteiger partial charge in [0.15, 0.2) is 6.10 Å². The van der Waals surface area contributed by atoms with Gasteiger partial charge in [-0.05, 0) is 103 Å². The van der Waals surface area contributed by atoms with Crippen molar-refractivity contribution in [2.45, 2.75) is 271 Å². The van der Waals surface area contributed by atoms with E-state index in [1.165, 1.54) is 128 Å². The van der Waals surface area contributed by atoms with Crippen molar-refractivity contribution >= 4 is 17.9 Å². The number of carbonyl (C=O) groups is 3. The van der Waals surface area contributed by atoms with E-state index in [4.69, 9.17) is 14.2 Å². The van der Waals surface area contributed by atoms with Crippen LogP contribution in [0.5, 0.6) is 0 Å². The van der Waals surface area contributed by atoms with E-state index in [2.05, 4.69) is 93.7 Å². The van der Waals surface area contributed by atoms with Crippen molar-refractivity contribution in [2.75, 3.05) is 13.2 Å². The normalized spacial score (nSPS) is 12.6. The molecular formula is C59H102O6. The minimum absolute atomic E-state index is 0.0898. The van der Waals surface area contributed by atoms with Crippen LogP contribution in [0.1, 0.15) is 265 Å². The van der Waals surface area contributed by atoms with Gasteiger partial charge in [-0.1, -0.05) is 216 Å². The van der Waals surface area contributed by atoms with Crippen molar-refractivity contribution in [1.29, 1.82) is 0 Å². The van der Waals surface area contributed by atoms with Gasteiger partial charge >= 0.3 is 17.9 Å². The minimum atomic E-state index is -0.791. The molecular weight excluding hydrogens is 805 g/mol. The predicted octanol–water partition coefficient (Wildman–Crippen LogP) is 18.2. The van der Waals surface area contributed by atoms with Crippen molar-refractivity contribution in [3.05, 3.63) is 72.9 Å². The second kappa shape index (κ2) is 53.5. The molecule has 0 spiro atoms. The van der Waals surface area contributed by atoms with Gasteiger partial charge in [0.1, 0.15) is 13.2 Å². The van der Waals surface area contributed by atoms with Crippen LogP contribution in [0.3, 0.4) is 0 Å². The molecule has 1 unspecified atom stereocenters. The maximum absolute atomic E-state index is 12.8. The van der Waals surface area contributed by atoms with Gasteiger partial charge in [-0.2, -0.15) is 0 Å². The Morgan fingerprint density at radius 3 is 1.02 bits per heavy atom. The molecule has 0 aromatic carbocycles. The molecule has 0 saturated heterocycles. The molecule has 6 heteroatoms. The first-order valence-corrected chi connectivity index (χ1v) is 27.5. The first kappa shape index (κ1) is 61.9. The van der Waals surface area contributed by atoms with E-state index in [9.17, 15) is 14.4 Å². The Kier molecular flexibility index (Phi) is 50.9. The smallest absolute Gasteiger partial charge is 0.306 e. The molecule has 0 rings (SSSR count). The number of rotatable bonds is 49. The van der Waals surface area contributed by atoms with Gasteiger partial charge < -0.3 is 14.2 Å². The van der Waals surface area contributed by atoms with Crippen LogP contribution in [0.25, 0.3) is 0 Å². The SMILES string of the molecule is CCCCC/C=C\C/C=C\CCCCCCCCCC(=O)OC(COC(=O)CCCCCCC\C=C/C=C\C=C/CCCCCCC)COC(=O)CCCCCCC/C=C\CCCCC. The number of hydrogen-bond acceptors (Lipinski definition) is 6. The van der Waals surface area contributed by atoms with Gasteiger partial charge in [0.05, 0.1) is 0 Å². The number of carbonyl (C=O) groups excluding carboxylic acids is 3. The van der Waals surface area contributed by atoms with Gasteiger partial charge in [0.2, 0.25) is 0 Å². The number of allylic oxidation sites excluding steroid dienone is 12. The Balaban J connectivity index is 4.43. The van der Waals surface area contributed by atoms with Crippen molar-refractivity contribution in [3.63, 3.8) is 0 Å². The number of esters is 3. The lowest BCUT2D eigenvalue weighted by Crippen LogP contribution is -2.30. The molecule has 0 aromatic heterocycles. The largest absolute Gasteiger partial charge is 0.462 e. The fraction of sp³-hybridized carbons (Fsp3) is 0.746. The van der Waals surface area contributed by atoms with Crippen molar-refractivity contribution in [3.8, 4) is 0 Å². The quantitative estimate of drug-likeness (QED) is 0.0199. The molecule has 0 aromatic rings. The highest BCUT2D eigenvalue weighted by molar-refractivity contribution is 5.71. The lowest BCUT2D eigenvalue weighted by Gasteiger charge is -2.18. The summed E-state index contributed by atoms with van der Waals surface area (Å²) in [6.45, 7) is 6.55.